The minimum absolute atomic E-state index is 0.365. The fraction of sp³-hybridized carbons (Fsp3) is 0.417. The van der Waals surface area contributed by atoms with Gasteiger partial charge in [0.15, 0.2) is 0 Å². The molecule has 0 spiro atoms. The van der Waals surface area contributed by atoms with Crippen LogP contribution in [0.5, 0.6) is 0 Å². The highest BCUT2D eigenvalue weighted by molar-refractivity contribution is 5.68. The maximum Gasteiger partial charge on any atom is 0.129 e. The number of carbonyl (C=O) groups is 1. The molecule has 0 N–H and O–H groups in total. The Morgan fingerprint density at radius 3 is 2.38 bits per heavy atom. The van der Waals surface area contributed by atoms with Gasteiger partial charge in [-0.1, -0.05) is 18.2 Å². The summed E-state index contributed by atoms with van der Waals surface area (Å²) in [5.41, 5.74) is 3.23. The Kier molecular flexibility index (Phi) is 2.55. The van der Waals surface area contributed by atoms with Crippen LogP contribution in [0.2, 0.25) is 0 Å². The standard InChI is InChI=1S/C12H16O/c1-9-6-5-7-11(10(9)2)12(3,4)8-13/h5-8H,1-4H3. The second-order valence-electron chi connectivity index (χ2n) is 4.09. The first-order valence-corrected chi connectivity index (χ1v) is 4.52. The Bertz CT molecular complexity index is 324. The van der Waals surface area contributed by atoms with Crippen LogP contribution in [0.4, 0.5) is 0 Å². The average Bonchev–Trinajstić information content (AvgIpc) is 2.09. The fourth-order valence-corrected chi connectivity index (χ4v) is 1.51. The van der Waals surface area contributed by atoms with Gasteiger partial charge in [-0.2, -0.15) is 0 Å². The third-order valence-corrected chi connectivity index (χ3v) is 2.59. The molecule has 0 amide bonds. The molecule has 0 bridgehead atoms. The monoisotopic (exact) mass is 176 g/mol. The van der Waals surface area contributed by atoms with Gasteiger partial charge in [-0.3, -0.25) is 0 Å². The molecule has 0 radical (unpaired) electrons. The lowest BCUT2D eigenvalue weighted by Gasteiger charge is -2.21. The zero-order valence-electron chi connectivity index (χ0n) is 8.72. The van der Waals surface area contributed by atoms with E-state index in [0.29, 0.717) is 0 Å². The van der Waals surface area contributed by atoms with E-state index in [2.05, 4.69) is 19.9 Å². The Morgan fingerprint density at radius 1 is 1.23 bits per heavy atom. The van der Waals surface area contributed by atoms with Crippen molar-refractivity contribution in [3.05, 3.63) is 34.9 Å². The molecule has 0 aliphatic carbocycles. The minimum Gasteiger partial charge on any atom is -0.302 e. The molecule has 0 heterocycles. The highest BCUT2D eigenvalue weighted by Gasteiger charge is 2.21. The summed E-state index contributed by atoms with van der Waals surface area (Å²) in [5, 5.41) is 0. The summed E-state index contributed by atoms with van der Waals surface area (Å²) in [5.74, 6) is 0. The van der Waals surface area contributed by atoms with Gasteiger partial charge < -0.3 is 4.79 Å². The van der Waals surface area contributed by atoms with E-state index >= 15 is 0 Å². The van der Waals surface area contributed by atoms with Crippen molar-refractivity contribution in [3.63, 3.8) is 0 Å². The number of aldehydes is 1. The molecule has 0 aliphatic rings. The van der Waals surface area contributed by atoms with Crippen LogP contribution in [0.25, 0.3) is 0 Å². The number of hydrogen-bond donors (Lipinski definition) is 0. The van der Waals surface area contributed by atoms with E-state index in [9.17, 15) is 4.79 Å². The van der Waals surface area contributed by atoms with Crippen LogP contribution < -0.4 is 0 Å². The van der Waals surface area contributed by atoms with E-state index in [0.717, 1.165) is 11.8 Å². The Balaban J connectivity index is 3.30. The van der Waals surface area contributed by atoms with Crippen molar-refractivity contribution >= 4 is 6.29 Å². The van der Waals surface area contributed by atoms with E-state index in [4.69, 9.17) is 0 Å². The highest BCUT2D eigenvalue weighted by atomic mass is 16.1. The van der Waals surface area contributed by atoms with Gasteiger partial charge in [0.25, 0.3) is 0 Å². The largest absolute Gasteiger partial charge is 0.302 e. The number of carbonyl (C=O) groups excluding carboxylic acids is 1. The topological polar surface area (TPSA) is 17.1 Å². The number of aryl methyl sites for hydroxylation is 1. The summed E-state index contributed by atoms with van der Waals surface area (Å²) in [6.45, 7) is 8.03. The van der Waals surface area contributed by atoms with Gasteiger partial charge in [-0.15, -0.1) is 0 Å². The molecule has 0 saturated heterocycles. The molecule has 0 fully saturated rings. The van der Waals surface area contributed by atoms with Gasteiger partial charge in [-0.05, 0) is 44.4 Å². The summed E-state index contributed by atoms with van der Waals surface area (Å²) in [6, 6.07) is 6.10. The number of benzene rings is 1. The second kappa shape index (κ2) is 3.33. The molecule has 0 unspecified atom stereocenters. The molecular weight excluding hydrogens is 160 g/mol. The second-order valence-corrected chi connectivity index (χ2v) is 4.09. The van der Waals surface area contributed by atoms with Crippen LogP contribution in [-0.4, -0.2) is 6.29 Å². The van der Waals surface area contributed by atoms with Crippen LogP contribution in [0.3, 0.4) is 0 Å². The van der Waals surface area contributed by atoms with Gasteiger partial charge in [0.1, 0.15) is 6.29 Å². The van der Waals surface area contributed by atoms with Crippen LogP contribution in [0.1, 0.15) is 30.5 Å². The van der Waals surface area contributed by atoms with Crippen LogP contribution in [0, 0.1) is 13.8 Å². The summed E-state index contributed by atoms with van der Waals surface area (Å²) < 4.78 is 0. The van der Waals surface area contributed by atoms with Gasteiger partial charge in [0.2, 0.25) is 0 Å². The van der Waals surface area contributed by atoms with Gasteiger partial charge in [-0.25, -0.2) is 0 Å². The molecular formula is C12H16O. The maximum absolute atomic E-state index is 10.9. The van der Waals surface area contributed by atoms with Crippen molar-refractivity contribution in [1.29, 1.82) is 0 Å². The molecule has 0 aliphatic heterocycles. The van der Waals surface area contributed by atoms with Crippen molar-refractivity contribution < 1.29 is 4.79 Å². The van der Waals surface area contributed by atoms with Crippen molar-refractivity contribution in [2.45, 2.75) is 33.1 Å². The number of hydrogen-bond acceptors (Lipinski definition) is 1. The predicted octanol–water partition coefficient (Wildman–Crippen LogP) is 2.78. The molecule has 1 aromatic carbocycles. The van der Waals surface area contributed by atoms with Crippen molar-refractivity contribution in [2.75, 3.05) is 0 Å². The Hall–Kier alpha value is -1.11. The van der Waals surface area contributed by atoms with E-state index in [1.165, 1.54) is 11.1 Å². The molecule has 0 aromatic heterocycles. The summed E-state index contributed by atoms with van der Waals surface area (Å²) in [7, 11) is 0. The van der Waals surface area contributed by atoms with Crippen molar-refractivity contribution in [1.82, 2.24) is 0 Å². The highest BCUT2D eigenvalue weighted by Crippen LogP contribution is 2.25. The van der Waals surface area contributed by atoms with E-state index in [1.807, 2.05) is 26.0 Å². The van der Waals surface area contributed by atoms with Crippen LogP contribution in [0.15, 0.2) is 18.2 Å². The van der Waals surface area contributed by atoms with Gasteiger partial charge in [0.05, 0.1) is 0 Å². The predicted molar refractivity (Wildman–Crippen MR) is 55.0 cm³/mol. The van der Waals surface area contributed by atoms with E-state index in [1.54, 1.807) is 0 Å². The quantitative estimate of drug-likeness (QED) is 0.633. The summed E-state index contributed by atoms with van der Waals surface area (Å²) in [4.78, 5) is 10.9. The van der Waals surface area contributed by atoms with Crippen LogP contribution >= 0.6 is 0 Å². The van der Waals surface area contributed by atoms with Gasteiger partial charge >= 0.3 is 0 Å². The Morgan fingerprint density at radius 2 is 1.85 bits per heavy atom. The molecule has 1 aromatic rings. The lowest BCUT2D eigenvalue weighted by Crippen LogP contribution is -2.20. The Labute approximate surface area is 79.8 Å². The summed E-state index contributed by atoms with van der Waals surface area (Å²) in [6.07, 6.45) is 1.01. The van der Waals surface area contributed by atoms with Crippen molar-refractivity contribution in [2.24, 2.45) is 0 Å². The molecule has 0 atom stereocenters. The van der Waals surface area contributed by atoms with Crippen molar-refractivity contribution in [3.8, 4) is 0 Å². The zero-order valence-corrected chi connectivity index (χ0v) is 8.72. The molecule has 70 valence electrons. The van der Waals surface area contributed by atoms with Gasteiger partial charge in [0, 0.05) is 5.41 Å². The summed E-state index contributed by atoms with van der Waals surface area (Å²) >= 11 is 0. The smallest absolute Gasteiger partial charge is 0.129 e. The SMILES string of the molecule is Cc1cccc(C(C)(C)C=O)c1C. The normalized spacial score (nSPS) is 11.4. The number of rotatable bonds is 2. The molecule has 13 heavy (non-hydrogen) atoms. The van der Waals surface area contributed by atoms with E-state index < -0.39 is 0 Å². The zero-order chi connectivity index (χ0) is 10.1. The molecule has 0 saturated carbocycles. The lowest BCUT2D eigenvalue weighted by atomic mass is 9.82. The molecule has 1 nitrogen and oxygen atoms in total. The van der Waals surface area contributed by atoms with E-state index in [-0.39, 0.29) is 5.41 Å². The average molecular weight is 176 g/mol. The first-order valence-electron chi connectivity index (χ1n) is 4.52. The minimum atomic E-state index is -0.365. The first kappa shape index (κ1) is 9.97. The molecule has 1 rings (SSSR count). The molecule has 1 heteroatoms. The lowest BCUT2D eigenvalue weighted by molar-refractivity contribution is -0.111. The third kappa shape index (κ3) is 1.80. The first-order chi connectivity index (χ1) is 5.99. The fourth-order valence-electron chi connectivity index (χ4n) is 1.51. The maximum atomic E-state index is 10.9. The third-order valence-electron chi connectivity index (χ3n) is 2.59. The van der Waals surface area contributed by atoms with Crippen LogP contribution in [-0.2, 0) is 10.2 Å².